The number of carboxylic acid groups (broad SMARTS) is 1. The molecule has 0 bridgehead atoms. The standard InChI is InChI=1S/C17H24N2O4/c1-17(2,3)19(16(21)22)10-9-18(15(20)12-19)11-13-5-7-14(23-4)8-6-13/h5-8H,9-12H2,1-4H3. The summed E-state index contributed by atoms with van der Waals surface area (Å²) in [6.07, 6.45) is -1.19. The Balaban J connectivity index is 2.11. The predicted molar refractivity (Wildman–Crippen MR) is 83.6 cm³/mol. The monoisotopic (exact) mass is 320 g/mol. The molecule has 1 saturated heterocycles. The zero-order valence-electron chi connectivity index (χ0n) is 14.2. The normalized spacial score (nSPS) is 22.1. The number of piperazine rings is 1. The number of benzene rings is 1. The summed E-state index contributed by atoms with van der Waals surface area (Å²) in [5, 5.41) is 11.7. The van der Waals surface area contributed by atoms with Crippen LogP contribution in [0.25, 0.3) is 0 Å². The molecular weight excluding hydrogens is 296 g/mol. The summed E-state index contributed by atoms with van der Waals surface area (Å²) in [4.78, 5) is 25.9. The second-order valence-corrected chi connectivity index (χ2v) is 6.95. The molecule has 6 nitrogen and oxygen atoms in total. The molecule has 1 aliphatic heterocycles. The fourth-order valence-electron chi connectivity index (χ4n) is 2.95. The second kappa shape index (κ2) is 6.20. The Hall–Kier alpha value is -2.08. The SMILES string of the molecule is COc1ccc(CN2CC[N+](C(=O)[O-])(C(C)(C)C)CC2=O)cc1. The molecule has 1 unspecified atom stereocenters. The maximum absolute atomic E-state index is 12.5. The van der Waals surface area contributed by atoms with Crippen molar-refractivity contribution in [1.82, 2.24) is 4.90 Å². The second-order valence-electron chi connectivity index (χ2n) is 6.95. The van der Waals surface area contributed by atoms with Crippen LogP contribution in [0.4, 0.5) is 4.79 Å². The lowest BCUT2D eigenvalue weighted by Gasteiger charge is -2.51. The quantitative estimate of drug-likeness (QED) is 0.779. The Kier molecular flexibility index (Phi) is 4.66. The fourth-order valence-corrected chi connectivity index (χ4v) is 2.95. The van der Waals surface area contributed by atoms with Gasteiger partial charge >= 0.3 is 0 Å². The van der Waals surface area contributed by atoms with Crippen molar-refractivity contribution in [3.8, 4) is 5.75 Å². The van der Waals surface area contributed by atoms with E-state index in [1.165, 1.54) is 0 Å². The van der Waals surface area contributed by atoms with Crippen molar-refractivity contribution in [2.24, 2.45) is 0 Å². The molecule has 126 valence electrons. The summed E-state index contributed by atoms with van der Waals surface area (Å²) in [5.74, 6) is 0.602. The van der Waals surface area contributed by atoms with Crippen LogP contribution in [0.3, 0.4) is 0 Å². The van der Waals surface area contributed by atoms with Crippen LogP contribution in [-0.2, 0) is 11.3 Å². The number of hydrogen-bond donors (Lipinski definition) is 0. The Labute approximate surface area is 136 Å². The summed E-state index contributed by atoms with van der Waals surface area (Å²) in [6.45, 7) is 6.64. The van der Waals surface area contributed by atoms with E-state index in [9.17, 15) is 14.7 Å². The number of carbonyl (C=O) groups excluding carboxylic acids is 2. The molecule has 1 fully saturated rings. The Morgan fingerprint density at radius 2 is 1.91 bits per heavy atom. The highest BCUT2D eigenvalue weighted by molar-refractivity contribution is 5.79. The lowest BCUT2D eigenvalue weighted by molar-refractivity contribution is -0.915. The van der Waals surface area contributed by atoms with E-state index in [0.29, 0.717) is 19.6 Å². The minimum atomic E-state index is -1.19. The number of hydrogen-bond acceptors (Lipinski definition) is 4. The van der Waals surface area contributed by atoms with E-state index in [1.54, 1.807) is 12.0 Å². The van der Waals surface area contributed by atoms with Crippen LogP contribution < -0.4 is 9.84 Å². The molecule has 1 aliphatic rings. The van der Waals surface area contributed by atoms with Crippen molar-refractivity contribution in [3.63, 3.8) is 0 Å². The maximum Gasteiger partial charge on any atom is 0.278 e. The van der Waals surface area contributed by atoms with Gasteiger partial charge in [0.05, 0.1) is 19.2 Å². The predicted octanol–water partition coefficient (Wildman–Crippen LogP) is 0.996. The zero-order valence-corrected chi connectivity index (χ0v) is 14.2. The number of quaternary nitrogens is 1. The van der Waals surface area contributed by atoms with E-state index in [2.05, 4.69) is 0 Å². The molecule has 1 heterocycles. The van der Waals surface area contributed by atoms with Crippen molar-refractivity contribution in [1.29, 1.82) is 0 Å². The highest BCUT2D eigenvalue weighted by Gasteiger charge is 2.48. The van der Waals surface area contributed by atoms with Crippen molar-refractivity contribution >= 4 is 12.0 Å². The fraction of sp³-hybridized carbons (Fsp3) is 0.529. The van der Waals surface area contributed by atoms with Gasteiger partial charge < -0.3 is 19.5 Å². The van der Waals surface area contributed by atoms with Crippen molar-refractivity contribution in [2.75, 3.05) is 26.7 Å². The van der Waals surface area contributed by atoms with Gasteiger partial charge in [0.2, 0.25) is 0 Å². The molecule has 0 aromatic heterocycles. The molecule has 6 heteroatoms. The minimum absolute atomic E-state index is 0.0675. The summed E-state index contributed by atoms with van der Waals surface area (Å²) < 4.78 is 4.79. The van der Waals surface area contributed by atoms with Gasteiger partial charge in [0.1, 0.15) is 12.3 Å². The summed E-state index contributed by atoms with van der Waals surface area (Å²) in [5.41, 5.74) is 0.407. The molecule has 2 rings (SSSR count). The van der Waals surface area contributed by atoms with Crippen molar-refractivity contribution < 1.29 is 23.9 Å². The molecule has 0 saturated carbocycles. The Morgan fingerprint density at radius 3 is 2.35 bits per heavy atom. The van der Waals surface area contributed by atoms with Gasteiger partial charge in [0.25, 0.3) is 12.0 Å². The van der Waals surface area contributed by atoms with Gasteiger partial charge in [0.15, 0.2) is 6.54 Å². The van der Waals surface area contributed by atoms with Gasteiger partial charge in [-0.2, -0.15) is 0 Å². The third-order valence-corrected chi connectivity index (χ3v) is 4.68. The first-order chi connectivity index (χ1) is 10.7. The van der Waals surface area contributed by atoms with Gasteiger partial charge in [-0.05, 0) is 38.5 Å². The first-order valence-electron chi connectivity index (χ1n) is 7.69. The number of rotatable bonds is 3. The summed E-state index contributed by atoms with van der Waals surface area (Å²) >= 11 is 0. The van der Waals surface area contributed by atoms with E-state index in [-0.39, 0.29) is 16.9 Å². The lowest BCUT2D eigenvalue weighted by Crippen LogP contribution is -2.74. The summed E-state index contributed by atoms with van der Waals surface area (Å²) in [7, 11) is 1.60. The molecule has 1 atom stereocenters. The van der Waals surface area contributed by atoms with E-state index in [0.717, 1.165) is 11.3 Å². The lowest BCUT2D eigenvalue weighted by atomic mass is 9.99. The highest BCUT2D eigenvalue weighted by Crippen LogP contribution is 2.28. The number of amides is 2. The highest BCUT2D eigenvalue weighted by atomic mass is 16.5. The van der Waals surface area contributed by atoms with Crippen molar-refractivity contribution in [3.05, 3.63) is 29.8 Å². The van der Waals surface area contributed by atoms with Gasteiger partial charge in [0, 0.05) is 6.54 Å². The molecule has 1 aromatic rings. The molecule has 1 aromatic carbocycles. The largest absolute Gasteiger partial charge is 0.498 e. The van der Waals surface area contributed by atoms with Crippen LogP contribution in [0.2, 0.25) is 0 Å². The third-order valence-electron chi connectivity index (χ3n) is 4.68. The van der Waals surface area contributed by atoms with Gasteiger partial charge in [-0.3, -0.25) is 9.28 Å². The number of ether oxygens (including phenoxy) is 1. The minimum Gasteiger partial charge on any atom is -0.498 e. The first-order valence-corrected chi connectivity index (χ1v) is 7.69. The number of carbonyl (C=O) groups is 2. The molecule has 0 spiro atoms. The van der Waals surface area contributed by atoms with Crippen LogP contribution in [0, 0.1) is 0 Å². The zero-order chi connectivity index (χ0) is 17.3. The molecular formula is C17H24N2O4. The summed E-state index contributed by atoms with van der Waals surface area (Å²) in [6, 6.07) is 7.51. The molecule has 2 amide bonds. The maximum atomic E-state index is 12.5. The van der Waals surface area contributed by atoms with E-state index in [1.807, 2.05) is 45.0 Å². The van der Waals surface area contributed by atoms with Crippen LogP contribution in [0.5, 0.6) is 5.75 Å². The van der Waals surface area contributed by atoms with Crippen LogP contribution in [0.15, 0.2) is 24.3 Å². The van der Waals surface area contributed by atoms with Crippen LogP contribution >= 0.6 is 0 Å². The Morgan fingerprint density at radius 1 is 1.30 bits per heavy atom. The smallest absolute Gasteiger partial charge is 0.278 e. The average Bonchev–Trinajstić information content (AvgIpc) is 2.48. The third kappa shape index (κ3) is 3.32. The Bertz CT molecular complexity index is 592. The van der Waals surface area contributed by atoms with Gasteiger partial charge in [-0.15, -0.1) is 0 Å². The van der Waals surface area contributed by atoms with Crippen LogP contribution in [-0.4, -0.2) is 53.7 Å². The number of nitrogens with zero attached hydrogens (tertiary/aromatic N) is 2. The van der Waals surface area contributed by atoms with E-state index < -0.39 is 11.6 Å². The topological polar surface area (TPSA) is 69.7 Å². The van der Waals surface area contributed by atoms with E-state index >= 15 is 0 Å². The molecule has 23 heavy (non-hydrogen) atoms. The molecule has 0 aliphatic carbocycles. The van der Waals surface area contributed by atoms with Crippen molar-refractivity contribution in [2.45, 2.75) is 32.9 Å². The average molecular weight is 320 g/mol. The van der Waals surface area contributed by atoms with E-state index in [4.69, 9.17) is 4.74 Å². The molecule has 0 N–H and O–H groups in total. The van der Waals surface area contributed by atoms with Crippen LogP contribution in [0.1, 0.15) is 26.3 Å². The number of methoxy groups -OCH3 is 1. The van der Waals surface area contributed by atoms with Gasteiger partial charge in [-0.25, -0.2) is 0 Å². The first kappa shape index (κ1) is 17.3. The molecule has 0 radical (unpaired) electrons. The van der Waals surface area contributed by atoms with Gasteiger partial charge in [-0.1, -0.05) is 12.1 Å².